The third kappa shape index (κ3) is 21.3. The number of hydrogen-bond donors (Lipinski definition) is 6. The predicted molar refractivity (Wildman–Crippen MR) is 474 cm³/mol. The number of phenols is 6. The Hall–Kier alpha value is -14.9. The van der Waals surface area contributed by atoms with Crippen LogP contribution in [-0.4, -0.2) is 71.8 Å². The van der Waals surface area contributed by atoms with Crippen LogP contribution in [0.25, 0.3) is 134 Å². The van der Waals surface area contributed by atoms with Gasteiger partial charge >= 0.3 is 0 Å². The molecule has 0 radical (unpaired) electrons. The smallest absolute Gasteiger partial charge is 0.119 e. The van der Waals surface area contributed by atoms with E-state index in [0.29, 0.717) is 19.8 Å². The van der Waals surface area contributed by atoms with Crippen molar-refractivity contribution in [2.45, 2.75) is 20.8 Å². The second-order valence-electron chi connectivity index (χ2n) is 27.5. The van der Waals surface area contributed by atoms with Crippen molar-refractivity contribution < 1.29 is 59.1 Å². The Labute approximate surface area is 683 Å². The molecule has 582 valence electrons. The number of benzene rings is 16. The van der Waals surface area contributed by atoms with Crippen LogP contribution in [0.5, 0.6) is 69.0 Å². The number of hydrogen-bond acceptors (Lipinski definition) is 12. The molecular weight excluding hydrogens is 1450 g/mol. The van der Waals surface area contributed by atoms with E-state index in [1.165, 1.54) is 0 Å². The first kappa shape index (κ1) is 80.2. The minimum atomic E-state index is 0.244. The van der Waals surface area contributed by atoms with Crippen molar-refractivity contribution in [3.8, 4) is 203 Å². The summed E-state index contributed by atoms with van der Waals surface area (Å²) in [5.41, 5.74) is 25.9. The predicted octanol–water partition coefficient (Wildman–Crippen LogP) is 26.2. The van der Waals surface area contributed by atoms with Gasteiger partial charge in [0.1, 0.15) is 69.0 Å². The molecule has 0 fully saturated rings. The highest BCUT2D eigenvalue weighted by atomic mass is 16.5. The Bertz CT molecular complexity index is 5620. The molecule has 16 aromatic rings. The number of methoxy groups -OCH3 is 3. The molecule has 0 aromatic heterocycles. The Kier molecular flexibility index (Phi) is 26.4. The largest absolute Gasteiger partial charge is 0.508 e. The molecule has 0 aliphatic rings. The van der Waals surface area contributed by atoms with Crippen LogP contribution in [0.4, 0.5) is 0 Å². The lowest BCUT2D eigenvalue weighted by Crippen LogP contribution is -1.91. The molecule has 16 rings (SSSR count). The Balaban J connectivity index is 0.000000136. The Morgan fingerprint density at radius 3 is 0.350 bits per heavy atom. The zero-order valence-electron chi connectivity index (χ0n) is 65.9. The molecule has 0 amide bonds. The molecule has 0 unspecified atom stereocenters. The van der Waals surface area contributed by atoms with Gasteiger partial charge in [-0.15, -0.1) is 0 Å². The first-order chi connectivity index (χ1) is 57.1. The van der Waals surface area contributed by atoms with Gasteiger partial charge in [-0.2, -0.15) is 0 Å². The molecule has 6 N–H and O–H groups in total. The molecule has 117 heavy (non-hydrogen) atoms. The normalized spacial score (nSPS) is 10.6. The standard InChI is InChI=1S/C28H26O3.2C26H22O3.C25H20O3/c1-3-30-27-13-7-21(8-14-27)24-17-23(20-5-11-26(29)12-6-20)18-25(19-24)22-9-15-28(16-10-22)31-4-2;1-28-25-11-5-19(6-12-25)22-15-21(18-3-9-24(27)10-4-18)16-23(17-22)20-7-13-26(29-2)14-8-20;1-2-29-26-13-7-20(8-14-26)23-16-21(18-3-9-24(27)10-4-18)15-22(17-23)19-5-11-25(28)12-6-19;1-28-25-12-6-19(7-13-25)22-15-20(17-2-8-23(26)9-3-17)14-21(16-22)18-4-10-24(27)11-5-18/h5-19,29H,3-4H2,1-2H3;3-17,27H,1-2H3;3-17,27-28H,2H2,1H3;2-16,26-27H,1H3. The summed E-state index contributed by atoms with van der Waals surface area (Å²) < 4.78 is 32.6. The van der Waals surface area contributed by atoms with Gasteiger partial charge < -0.3 is 59.1 Å². The first-order valence-corrected chi connectivity index (χ1v) is 38.6. The van der Waals surface area contributed by atoms with Crippen molar-refractivity contribution in [1.29, 1.82) is 0 Å². The molecule has 0 saturated heterocycles. The van der Waals surface area contributed by atoms with Crippen LogP contribution in [0.15, 0.2) is 364 Å². The molecule has 12 nitrogen and oxygen atoms in total. The van der Waals surface area contributed by atoms with Gasteiger partial charge in [-0.05, 0) is 373 Å². The van der Waals surface area contributed by atoms with Crippen LogP contribution in [0, 0.1) is 0 Å². The average Bonchev–Trinajstić information content (AvgIpc) is 0.814. The van der Waals surface area contributed by atoms with Crippen molar-refractivity contribution in [3.63, 3.8) is 0 Å². The summed E-state index contributed by atoms with van der Waals surface area (Å²) in [6, 6.07) is 118. The third-order valence-electron chi connectivity index (χ3n) is 19.7. The molecule has 16 aromatic carbocycles. The first-order valence-electron chi connectivity index (χ1n) is 38.6. The lowest BCUT2D eigenvalue weighted by molar-refractivity contribution is 0.340. The number of phenolic OH excluding ortho intramolecular Hbond substituents is 6. The molecule has 0 saturated carbocycles. The van der Waals surface area contributed by atoms with Gasteiger partial charge in [0.15, 0.2) is 0 Å². The molecule has 0 bridgehead atoms. The third-order valence-corrected chi connectivity index (χ3v) is 19.7. The van der Waals surface area contributed by atoms with Crippen molar-refractivity contribution in [3.05, 3.63) is 364 Å². The second-order valence-corrected chi connectivity index (χ2v) is 27.5. The maximum atomic E-state index is 9.68. The summed E-state index contributed by atoms with van der Waals surface area (Å²) in [5.74, 6) is 6.57. The lowest BCUT2D eigenvalue weighted by Gasteiger charge is -2.12. The minimum Gasteiger partial charge on any atom is -0.508 e. The van der Waals surface area contributed by atoms with E-state index in [1.807, 2.05) is 178 Å². The van der Waals surface area contributed by atoms with Gasteiger partial charge in [0.05, 0.1) is 41.2 Å². The van der Waals surface area contributed by atoms with E-state index in [9.17, 15) is 30.6 Å². The van der Waals surface area contributed by atoms with Gasteiger partial charge in [-0.3, -0.25) is 0 Å². The van der Waals surface area contributed by atoms with Gasteiger partial charge in [0.2, 0.25) is 0 Å². The zero-order chi connectivity index (χ0) is 81.6. The summed E-state index contributed by atoms with van der Waals surface area (Å²) in [6.45, 7) is 7.88. The summed E-state index contributed by atoms with van der Waals surface area (Å²) in [6.07, 6.45) is 0. The van der Waals surface area contributed by atoms with Gasteiger partial charge in [-0.1, -0.05) is 146 Å². The Morgan fingerprint density at radius 2 is 0.248 bits per heavy atom. The van der Waals surface area contributed by atoms with E-state index >= 15 is 0 Å². The Morgan fingerprint density at radius 1 is 0.145 bits per heavy atom. The summed E-state index contributed by atoms with van der Waals surface area (Å²) in [4.78, 5) is 0. The van der Waals surface area contributed by atoms with Crippen LogP contribution in [0.3, 0.4) is 0 Å². The summed E-state index contributed by atoms with van der Waals surface area (Å²) >= 11 is 0. The molecule has 0 atom stereocenters. The fourth-order valence-electron chi connectivity index (χ4n) is 13.5. The second kappa shape index (κ2) is 38.6. The van der Waals surface area contributed by atoms with E-state index in [2.05, 4.69) is 133 Å². The summed E-state index contributed by atoms with van der Waals surface area (Å²) in [7, 11) is 4.99. The number of rotatable bonds is 21. The maximum Gasteiger partial charge on any atom is 0.119 e. The lowest BCUT2D eigenvalue weighted by atomic mass is 9.93. The van der Waals surface area contributed by atoms with Crippen LogP contribution < -0.4 is 28.4 Å². The van der Waals surface area contributed by atoms with E-state index in [4.69, 9.17) is 28.4 Å². The quantitative estimate of drug-likeness (QED) is 0.0402. The van der Waals surface area contributed by atoms with Crippen LogP contribution in [0.1, 0.15) is 20.8 Å². The monoisotopic (exact) mass is 1540 g/mol. The highest BCUT2D eigenvalue weighted by molar-refractivity contribution is 5.86. The van der Waals surface area contributed by atoms with E-state index in [-0.39, 0.29) is 34.5 Å². The van der Waals surface area contributed by atoms with E-state index < -0.39 is 0 Å². The molecule has 0 aliphatic heterocycles. The van der Waals surface area contributed by atoms with E-state index in [1.54, 1.807) is 94.1 Å². The fourth-order valence-corrected chi connectivity index (χ4v) is 13.5. The van der Waals surface area contributed by atoms with Gasteiger partial charge in [-0.25, -0.2) is 0 Å². The SMILES string of the molecule is CCOc1ccc(-c2cc(-c3ccc(O)cc3)cc(-c3ccc(O)cc3)c2)cc1.CCOc1ccc(-c2cc(-c3ccc(O)cc3)cc(-c3ccc(OCC)cc3)c2)cc1.COc1ccc(-c2cc(-c3ccc(O)cc3)cc(-c3ccc(O)cc3)c2)cc1.COc1ccc(-c2cc(-c3ccc(O)cc3)cc(-c3ccc(OC)cc3)c2)cc1. The van der Waals surface area contributed by atoms with Gasteiger partial charge in [0.25, 0.3) is 0 Å². The minimum absolute atomic E-state index is 0.244. The molecule has 0 aliphatic carbocycles. The number of aromatic hydroxyl groups is 6. The van der Waals surface area contributed by atoms with Crippen LogP contribution >= 0.6 is 0 Å². The average molecular weight is 1540 g/mol. The van der Waals surface area contributed by atoms with Crippen molar-refractivity contribution >= 4 is 0 Å². The van der Waals surface area contributed by atoms with Crippen LogP contribution in [-0.2, 0) is 0 Å². The number of ether oxygens (including phenoxy) is 6. The van der Waals surface area contributed by atoms with Crippen molar-refractivity contribution in [1.82, 2.24) is 0 Å². The molecule has 0 spiro atoms. The topological polar surface area (TPSA) is 177 Å². The summed E-state index contributed by atoms with van der Waals surface area (Å²) in [5, 5.41) is 57.8. The van der Waals surface area contributed by atoms with Crippen LogP contribution in [0.2, 0.25) is 0 Å². The highest BCUT2D eigenvalue weighted by Gasteiger charge is 2.15. The van der Waals surface area contributed by atoms with Crippen molar-refractivity contribution in [2.24, 2.45) is 0 Å². The fraction of sp³-hybridized carbons (Fsp3) is 0.0857. The molecule has 0 heterocycles. The van der Waals surface area contributed by atoms with Gasteiger partial charge in [0, 0.05) is 0 Å². The molecule has 12 heteroatoms. The van der Waals surface area contributed by atoms with E-state index in [0.717, 1.165) is 168 Å². The highest BCUT2D eigenvalue weighted by Crippen LogP contribution is 2.41. The van der Waals surface area contributed by atoms with Crippen molar-refractivity contribution in [2.75, 3.05) is 41.2 Å². The zero-order valence-corrected chi connectivity index (χ0v) is 65.9. The maximum absolute atomic E-state index is 9.68. The molecular formula is C105H90O12.